The molecule has 2 aromatic heterocycles. The summed E-state index contributed by atoms with van der Waals surface area (Å²) < 4.78 is 5.69. The second kappa shape index (κ2) is 3.89. The van der Waals surface area contributed by atoms with Crippen molar-refractivity contribution in [3.8, 4) is 0 Å². The van der Waals surface area contributed by atoms with Gasteiger partial charge in [-0.2, -0.15) is 0 Å². The molecule has 17 heavy (non-hydrogen) atoms. The molecule has 2 rings (SSSR count). The van der Waals surface area contributed by atoms with Gasteiger partial charge >= 0.3 is 11.7 Å². The molecule has 0 saturated heterocycles. The van der Waals surface area contributed by atoms with Crippen LogP contribution in [0.4, 0.5) is 0 Å². The van der Waals surface area contributed by atoms with Crippen LogP contribution in [0.1, 0.15) is 12.6 Å². The van der Waals surface area contributed by atoms with E-state index in [0.29, 0.717) is 12.1 Å². The number of carboxylic acids is 1. The summed E-state index contributed by atoms with van der Waals surface area (Å²) >= 11 is 0. The molecule has 2 aromatic rings. The molecule has 0 aromatic carbocycles. The van der Waals surface area contributed by atoms with Gasteiger partial charge < -0.3 is 9.63 Å². The Kier molecular flexibility index (Phi) is 2.54. The standard InChI is InChI=1S/C9H9N3O5/c1-2-4-6-7(15)10-9(16)12(3-5(13)14)8(6)17-11-4/h2-3H2,1H3,(H,13,14)(H,10,15,16). The molecule has 8 nitrogen and oxygen atoms in total. The molecule has 0 radical (unpaired) electrons. The number of aryl methyl sites for hydroxylation is 1. The SMILES string of the molecule is CCc1noc2c1c(=O)[nH]c(=O)n2CC(=O)O. The van der Waals surface area contributed by atoms with Crippen molar-refractivity contribution < 1.29 is 14.4 Å². The summed E-state index contributed by atoms with van der Waals surface area (Å²) in [5.41, 5.74) is -1.17. The number of aliphatic carboxylic acids is 1. The molecule has 0 bridgehead atoms. The van der Waals surface area contributed by atoms with Crippen molar-refractivity contribution in [1.29, 1.82) is 0 Å². The molecule has 8 heteroatoms. The highest BCUT2D eigenvalue weighted by Gasteiger charge is 2.17. The molecular weight excluding hydrogens is 230 g/mol. The second-order valence-corrected chi connectivity index (χ2v) is 3.40. The first kappa shape index (κ1) is 11.1. The number of H-pyrrole nitrogens is 1. The number of carboxylic acid groups (broad SMARTS) is 1. The fraction of sp³-hybridized carbons (Fsp3) is 0.333. The highest BCUT2D eigenvalue weighted by atomic mass is 16.5. The lowest BCUT2D eigenvalue weighted by molar-refractivity contribution is -0.137. The molecule has 0 aliphatic heterocycles. The van der Waals surface area contributed by atoms with E-state index in [1.54, 1.807) is 6.92 Å². The number of rotatable bonds is 3. The quantitative estimate of drug-likeness (QED) is 0.732. The summed E-state index contributed by atoms with van der Waals surface area (Å²) in [4.78, 5) is 35.7. The fourth-order valence-corrected chi connectivity index (χ4v) is 1.56. The Hall–Kier alpha value is -2.38. The molecule has 2 heterocycles. The van der Waals surface area contributed by atoms with Crippen molar-refractivity contribution in [1.82, 2.24) is 14.7 Å². The van der Waals surface area contributed by atoms with Crippen molar-refractivity contribution in [2.45, 2.75) is 19.9 Å². The third-order valence-corrected chi connectivity index (χ3v) is 2.31. The topological polar surface area (TPSA) is 118 Å². The van der Waals surface area contributed by atoms with Gasteiger partial charge in [0.05, 0.1) is 5.69 Å². The predicted octanol–water partition coefficient (Wildman–Crippen LogP) is -0.675. The van der Waals surface area contributed by atoms with Crippen LogP contribution >= 0.6 is 0 Å². The van der Waals surface area contributed by atoms with Crippen molar-refractivity contribution in [3.63, 3.8) is 0 Å². The third kappa shape index (κ3) is 1.73. The van der Waals surface area contributed by atoms with E-state index >= 15 is 0 Å². The second-order valence-electron chi connectivity index (χ2n) is 3.40. The van der Waals surface area contributed by atoms with Gasteiger partial charge in [0, 0.05) is 0 Å². The van der Waals surface area contributed by atoms with Crippen molar-refractivity contribution >= 4 is 17.1 Å². The lowest BCUT2D eigenvalue weighted by Crippen LogP contribution is -2.32. The average molecular weight is 239 g/mol. The van der Waals surface area contributed by atoms with Gasteiger partial charge in [0.2, 0.25) is 5.71 Å². The predicted molar refractivity (Wildman–Crippen MR) is 55.9 cm³/mol. The number of hydrogen-bond donors (Lipinski definition) is 2. The zero-order valence-electron chi connectivity index (χ0n) is 8.89. The van der Waals surface area contributed by atoms with Crippen LogP contribution in [0.5, 0.6) is 0 Å². The Balaban J connectivity index is 2.84. The Morgan fingerprint density at radius 3 is 2.82 bits per heavy atom. The molecule has 0 amide bonds. The smallest absolute Gasteiger partial charge is 0.331 e. The molecule has 0 fully saturated rings. The molecule has 0 aliphatic rings. The number of aromatic nitrogens is 3. The van der Waals surface area contributed by atoms with Crippen LogP contribution in [0.3, 0.4) is 0 Å². The first-order valence-electron chi connectivity index (χ1n) is 4.87. The van der Waals surface area contributed by atoms with Gasteiger partial charge in [-0.15, -0.1) is 0 Å². The van der Waals surface area contributed by atoms with Crippen LogP contribution in [0.15, 0.2) is 14.1 Å². The monoisotopic (exact) mass is 239 g/mol. The van der Waals surface area contributed by atoms with E-state index in [2.05, 4.69) is 5.16 Å². The van der Waals surface area contributed by atoms with Crippen LogP contribution in [-0.4, -0.2) is 25.8 Å². The average Bonchev–Trinajstić information content (AvgIpc) is 2.67. The molecule has 0 unspecified atom stereocenters. The van der Waals surface area contributed by atoms with Crippen molar-refractivity contribution in [3.05, 3.63) is 26.5 Å². The molecular formula is C9H9N3O5. The largest absolute Gasteiger partial charge is 0.480 e. The van der Waals surface area contributed by atoms with Crippen LogP contribution in [0.2, 0.25) is 0 Å². The van der Waals surface area contributed by atoms with Gasteiger partial charge in [-0.1, -0.05) is 12.1 Å². The Labute approximate surface area is 93.5 Å². The summed E-state index contributed by atoms with van der Waals surface area (Å²) in [6, 6.07) is 0. The van der Waals surface area contributed by atoms with E-state index in [1.165, 1.54) is 0 Å². The highest BCUT2D eigenvalue weighted by Crippen LogP contribution is 2.12. The highest BCUT2D eigenvalue weighted by molar-refractivity contribution is 5.76. The maximum absolute atomic E-state index is 11.6. The molecule has 0 spiro atoms. The third-order valence-electron chi connectivity index (χ3n) is 2.31. The van der Waals surface area contributed by atoms with Crippen LogP contribution in [0, 0.1) is 0 Å². The molecule has 0 saturated carbocycles. The van der Waals surface area contributed by atoms with E-state index < -0.39 is 23.8 Å². The maximum atomic E-state index is 11.6. The number of aromatic amines is 1. The van der Waals surface area contributed by atoms with Gasteiger partial charge in [0.15, 0.2) is 0 Å². The van der Waals surface area contributed by atoms with E-state index in [4.69, 9.17) is 9.63 Å². The molecule has 90 valence electrons. The lowest BCUT2D eigenvalue weighted by Gasteiger charge is -2.00. The fourth-order valence-electron chi connectivity index (χ4n) is 1.56. The van der Waals surface area contributed by atoms with Gasteiger partial charge in [-0.3, -0.25) is 14.6 Å². The number of nitrogens with one attached hydrogen (secondary N) is 1. The van der Waals surface area contributed by atoms with Crippen LogP contribution in [0.25, 0.3) is 11.1 Å². The van der Waals surface area contributed by atoms with Gasteiger partial charge in [0.1, 0.15) is 11.9 Å². The molecule has 0 aliphatic carbocycles. The lowest BCUT2D eigenvalue weighted by atomic mass is 10.2. The van der Waals surface area contributed by atoms with Crippen LogP contribution < -0.4 is 11.2 Å². The number of nitrogens with zero attached hydrogens (tertiary/aromatic N) is 2. The maximum Gasteiger partial charge on any atom is 0.331 e. The van der Waals surface area contributed by atoms with E-state index in [1.807, 2.05) is 4.98 Å². The summed E-state index contributed by atoms with van der Waals surface area (Å²) in [7, 11) is 0. The minimum absolute atomic E-state index is 0.113. The van der Waals surface area contributed by atoms with Crippen LogP contribution in [-0.2, 0) is 17.8 Å². The number of fused-ring (bicyclic) bond motifs is 1. The van der Waals surface area contributed by atoms with Crippen molar-refractivity contribution in [2.75, 3.05) is 0 Å². The zero-order valence-corrected chi connectivity index (χ0v) is 8.89. The zero-order chi connectivity index (χ0) is 12.6. The first-order valence-corrected chi connectivity index (χ1v) is 4.87. The summed E-state index contributed by atoms with van der Waals surface area (Å²) in [6.45, 7) is 1.17. The normalized spacial score (nSPS) is 10.9. The van der Waals surface area contributed by atoms with E-state index in [9.17, 15) is 14.4 Å². The van der Waals surface area contributed by atoms with E-state index in [0.717, 1.165) is 4.57 Å². The van der Waals surface area contributed by atoms with Gasteiger partial charge in [-0.25, -0.2) is 9.36 Å². The summed E-state index contributed by atoms with van der Waals surface area (Å²) in [5, 5.41) is 12.4. The Bertz CT molecular complexity index is 693. The minimum Gasteiger partial charge on any atom is -0.480 e. The molecule has 0 atom stereocenters. The summed E-state index contributed by atoms with van der Waals surface area (Å²) in [5.74, 6) is -1.21. The number of hydrogen-bond acceptors (Lipinski definition) is 5. The van der Waals surface area contributed by atoms with Crippen molar-refractivity contribution in [2.24, 2.45) is 0 Å². The Morgan fingerprint density at radius 2 is 2.24 bits per heavy atom. The molecule has 2 N–H and O–H groups in total. The van der Waals surface area contributed by atoms with E-state index in [-0.39, 0.29) is 11.1 Å². The number of carbonyl (C=O) groups is 1. The van der Waals surface area contributed by atoms with Gasteiger partial charge in [-0.05, 0) is 6.42 Å². The first-order chi connectivity index (χ1) is 8.04. The summed E-state index contributed by atoms with van der Waals surface area (Å²) in [6.07, 6.45) is 0.446. The van der Waals surface area contributed by atoms with Gasteiger partial charge in [0.25, 0.3) is 5.56 Å². The minimum atomic E-state index is -1.21. The Morgan fingerprint density at radius 1 is 1.53 bits per heavy atom.